The molecule has 2 aromatic carbocycles. The lowest BCUT2D eigenvalue weighted by Gasteiger charge is -2.47. The monoisotopic (exact) mass is 811 g/mol. The highest BCUT2D eigenvalue weighted by atomic mass is 79.9. The molecule has 0 radical (unpaired) electrons. The number of benzene rings is 2. The Balaban J connectivity index is 0.935. The van der Waals surface area contributed by atoms with Gasteiger partial charge in [0.05, 0.1) is 23.4 Å². The van der Waals surface area contributed by atoms with E-state index < -0.39 is 29.5 Å². The highest BCUT2D eigenvalue weighted by molar-refractivity contribution is 9.10. The van der Waals surface area contributed by atoms with Crippen molar-refractivity contribution in [1.29, 1.82) is 0 Å². The summed E-state index contributed by atoms with van der Waals surface area (Å²) in [6.07, 6.45) is 1.27. The number of rotatable bonds is 6. The summed E-state index contributed by atoms with van der Waals surface area (Å²) in [7, 11) is 3.69. The van der Waals surface area contributed by atoms with Crippen LogP contribution in [0.2, 0.25) is 0 Å². The van der Waals surface area contributed by atoms with Gasteiger partial charge in [0, 0.05) is 70.0 Å². The Morgan fingerprint density at radius 1 is 0.963 bits per heavy atom. The molecule has 4 aliphatic rings. The Hall–Kier alpha value is -4.24. The van der Waals surface area contributed by atoms with E-state index in [0.29, 0.717) is 47.6 Å². The summed E-state index contributed by atoms with van der Waals surface area (Å²) in [5.41, 5.74) is 1.87. The maximum atomic E-state index is 14.2. The van der Waals surface area contributed by atoms with Crippen LogP contribution in [-0.4, -0.2) is 89.7 Å². The molecule has 54 heavy (non-hydrogen) atoms. The lowest BCUT2D eigenvalue weighted by molar-refractivity contribution is -0.139. The maximum absolute atomic E-state index is 14.2. The fourth-order valence-electron chi connectivity index (χ4n) is 8.78. The van der Waals surface area contributed by atoms with Gasteiger partial charge in [0.1, 0.15) is 4.47 Å². The highest BCUT2D eigenvalue weighted by Gasteiger charge is 2.41. The first kappa shape index (κ1) is 38.1. The van der Waals surface area contributed by atoms with Crippen LogP contribution in [0, 0.1) is 5.41 Å². The van der Waals surface area contributed by atoms with Gasteiger partial charge in [0.15, 0.2) is 0 Å². The Kier molecular flexibility index (Phi) is 10.7. The molecule has 4 saturated heterocycles. The van der Waals surface area contributed by atoms with E-state index in [1.54, 1.807) is 19.3 Å². The van der Waals surface area contributed by atoms with E-state index in [1.807, 2.05) is 34.1 Å². The Morgan fingerprint density at radius 3 is 2.31 bits per heavy atom. The van der Waals surface area contributed by atoms with Crippen molar-refractivity contribution in [3.05, 3.63) is 85.7 Å². The number of amides is 3. The van der Waals surface area contributed by atoms with Crippen molar-refractivity contribution in [2.45, 2.75) is 69.0 Å². The van der Waals surface area contributed by atoms with Gasteiger partial charge in [-0.05, 0) is 108 Å². The summed E-state index contributed by atoms with van der Waals surface area (Å²) in [6, 6.07) is 12.2. The summed E-state index contributed by atoms with van der Waals surface area (Å²) in [4.78, 5) is 56.1. The summed E-state index contributed by atoms with van der Waals surface area (Å²) in [5, 5.41) is 9.80. The number of piperidine rings is 4. The van der Waals surface area contributed by atoms with Gasteiger partial charge in [-0.2, -0.15) is 18.3 Å². The van der Waals surface area contributed by atoms with E-state index in [1.165, 1.54) is 10.7 Å². The molecule has 4 aliphatic heterocycles. The minimum absolute atomic E-state index is 0.00735. The number of hydrogen-bond acceptors (Lipinski definition) is 8. The molecule has 1 aromatic heterocycles. The van der Waals surface area contributed by atoms with Crippen LogP contribution in [0.15, 0.2) is 57.9 Å². The number of hydrogen-bond donors (Lipinski definition) is 2. The quantitative estimate of drug-likeness (QED) is 0.314. The van der Waals surface area contributed by atoms with Crippen LogP contribution in [0.1, 0.15) is 83.8 Å². The Morgan fingerprint density at radius 2 is 1.65 bits per heavy atom. The van der Waals surface area contributed by atoms with Gasteiger partial charge in [-0.3, -0.25) is 24.5 Å². The van der Waals surface area contributed by atoms with Gasteiger partial charge in [-0.1, -0.05) is 18.2 Å². The second-order valence-electron chi connectivity index (χ2n) is 15.5. The lowest BCUT2D eigenvalue weighted by atomic mass is 9.71. The first-order valence-electron chi connectivity index (χ1n) is 18.6. The van der Waals surface area contributed by atoms with Gasteiger partial charge >= 0.3 is 6.18 Å². The minimum atomic E-state index is -4.64. The number of carbonyl (C=O) groups is 3. The lowest BCUT2D eigenvalue weighted by Crippen LogP contribution is -2.48. The van der Waals surface area contributed by atoms with E-state index in [4.69, 9.17) is 0 Å². The molecule has 15 heteroatoms. The molecule has 3 aromatic rings. The van der Waals surface area contributed by atoms with Crippen LogP contribution >= 0.6 is 15.9 Å². The van der Waals surface area contributed by atoms with Crippen LogP contribution in [0.4, 0.5) is 24.5 Å². The molecule has 1 spiro atoms. The third-order valence-corrected chi connectivity index (χ3v) is 12.7. The van der Waals surface area contributed by atoms with Gasteiger partial charge in [0.2, 0.25) is 11.8 Å². The molecule has 11 nitrogen and oxygen atoms in total. The molecule has 7 rings (SSSR count). The van der Waals surface area contributed by atoms with Crippen molar-refractivity contribution < 1.29 is 27.6 Å². The second kappa shape index (κ2) is 15.1. The number of carbonyl (C=O) groups excluding carboxylic acids is 3. The molecule has 0 aliphatic carbocycles. The topological polar surface area (TPSA) is 120 Å². The number of likely N-dealkylation sites (tertiary alicyclic amines) is 2. The average molecular weight is 813 g/mol. The Labute approximate surface area is 320 Å². The van der Waals surface area contributed by atoms with Gasteiger partial charge in [-0.15, -0.1) is 0 Å². The molecule has 3 atom stereocenters. The number of imide groups is 1. The maximum Gasteiger partial charge on any atom is 0.416 e. The van der Waals surface area contributed by atoms with Crippen molar-refractivity contribution in [2.24, 2.45) is 12.5 Å². The van der Waals surface area contributed by atoms with Crippen LogP contribution in [0.25, 0.3) is 0 Å². The van der Waals surface area contributed by atoms with Crippen LogP contribution in [0.5, 0.6) is 0 Å². The number of aryl methyl sites for hydroxylation is 1. The molecular formula is C39H45BrF3N7O4. The standard InChI is InChI=1S/C39H45BrF3N7O4/c1-47-22-26(19-27(23-47)45-32-21-44-48(2)37(54)34(32)40)24-3-5-25(6-4-24)36(53)50-17-13-38(14-18-50)11-15-49(16-12-38)28-7-8-29(31(20-28)39(41,42)43)30-9-10-33(51)46-35(30)52/h3-8,20-21,26-27,30,45H,9-19,22-23H2,1-2H3,(H,46,51,52). The van der Waals surface area contributed by atoms with Crippen molar-refractivity contribution in [2.75, 3.05) is 56.5 Å². The van der Waals surface area contributed by atoms with Crippen molar-refractivity contribution >= 4 is 45.0 Å². The minimum Gasteiger partial charge on any atom is -0.379 e. The van der Waals surface area contributed by atoms with Gasteiger partial charge < -0.3 is 20.0 Å². The van der Waals surface area contributed by atoms with E-state index in [0.717, 1.165) is 56.8 Å². The van der Waals surface area contributed by atoms with Crippen molar-refractivity contribution in [3.63, 3.8) is 0 Å². The molecule has 288 valence electrons. The summed E-state index contributed by atoms with van der Waals surface area (Å²) >= 11 is 3.41. The second-order valence-corrected chi connectivity index (χ2v) is 16.3. The number of nitrogens with zero attached hydrogens (tertiary/aromatic N) is 5. The van der Waals surface area contributed by atoms with Gasteiger partial charge in [0.25, 0.3) is 11.5 Å². The SMILES string of the molecule is CN1CC(Nc2cnn(C)c(=O)c2Br)CC(c2ccc(C(=O)N3CCC4(CC3)CCN(c3ccc(C5CCC(=O)NC5=O)c(C(F)(F)F)c3)CC4)cc2)C1. The predicted molar refractivity (Wildman–Crippen MR) is 201 cm³/mol. The molecule has 0 bridgehead atoms. The van der Waals surface area contributed by atoms with Crippen LogP contribution in [0.3, 0.4) is 0 Å². The first-order valence-corrected chi connectivity index (χ1v) is 19.3. The fraction of sp³-hybridized carbons (Fsp3) is 0.513. The zero-order chi connectivity index (χ0) is 38.4. The number of alkyl halides is 3. The normalized spacial score (nSPS) is 23.7. The van der Waals surface area contributed by atoms with E-state index >= 15 is 0 Å². The molecular weight excluding hydrogens is 767 g/mol. The smallest absolute Gasteiger partial charge is 0.379 e. The molecule has 5 heterocycles. The summed E-state index contributed by atoms with van der Waals surface area (Å²) in [5.74, 6) is -1.92. The highest BCUT2D eigenvalue weighted by Crippen LogP contribution is 2.44. The molecule has 4 fully saturated rings. The number of likely N-dealkylation sites (N-methyl/N-ethyl adjacent to an activating group) is 1. The average Bonchev–Trinajstić information content (AvgIpc) is 3.15. The van der Waals surface area contributed by atoms with Gasteiger partial charge in [-0.25, -0.2) is 4.68 Å². The molecule has 2 N–H and O–H groups in total. The zero-order valence-electron chi connectivity index (χ0n) is 30.4. The van der Waals surface area contributed by atoms with Crippen LogP contribution < -0.4 is 21.1 Å². The first-order chi connectivity index (χ1) is 25.7. The Bertz CT molecular complexity index is 1970. The molecule has 3 unspecified atom stereocenters. The van der Waals surface area contributed by atoms with E-state index in [2.05, 4.69) is 43.6 Å². The molecule has 0 saturated carbocycles. The summed E-state index contributed by atoms with van der Waals surface area (Å²) in [6.45, 7) is 4.18. The largest absolute Gasteiger partial charge is 0.416 e. The predicted octanol–water partition coefficient (Wildman–Crippen LogP) is 5.50. The zero-order valence-corrected chi connectivity index (χ0v) is 32.0. The van der Waals surface area contributed by atoms with E-state index in [9.17, 15) is 32.3 Å². The number of halogens is 4. The number of aromatic nitrogens is 2. The summed E-state index contributed by atoms with van der Waals surface area (Å²) < 4.78 is 44.4. The number of anilines is 2. The van der Waals surface area contributed by atoms with E-state index in [-0.39, 0.29) is 47.2 Å². The molecule has 3 amide bonds. The number of nitrogens with one attached hydrogen (secondary N) is 2. The third-order valence-electron chi connectivity index (χ3n) is 12.0. The third kappa shape index (κ3) is 7.93. The van der Waals surface area contributed by atoms with Crippen LogP contribution in [-0.2, 0) is 22.8 Å². The fourth-order valence-corrected chi connectivity index (χ4v) is 9.25. The van der Waals surface area contributed by atoms with Crippen molar-refractivity contribution in [3.8, 4) is 0 Å². The van der Waals surface area contributed by atoms with Crippen molar-refractivity contribution in [1.82, 2.24) is 24.9 Å².